The zero-order valence-electron chi connectivity index (χ0n) is 29.9. The summed E-state index contributed by atoms with van der Waals surface area (Å²) in [6, 6.07) is 61.7. The zero-order valence-corrected chi connectivity index (χ0v) is 29.9. The highest BCUT2D eigenvalue weighted by Gasteiger charge is 2.22. The molecule has 0 unspecified atom stereocenters. The number of fused-ring (bicyclic) bond motifs is 6. The van der Waals surface area contributed by atoms with Crippen molar-refractivity contribution in [3.05, 3.63) is 182 Å². The van der Waals surface area contributed by atoms with Crippen LogP contribution < -0.4 is 0 Å². The highest BCUT2D eigenvalue weighted by Crippen LogP contribution is 2.41. The molecule has 0 saturated carbocycles. The minimum absolute atomic E-state index is 0.552. The predicted molar refractivity (Wildman–Crippen MR) is 224 cm³/mol. The highest BCUT2D eigenvalue weighted by molar-refractivity contribution is 6.19. The Morgan fingerprint density at radius 3 is 1.50 bits per heavy atom. The van der Waals surface area contributed by atoms with Crippen molar-refractivity contribution in [1.29, 1.82) is 0 Å². The molecule has 11 rings (SSSR count). The van der Waals surface area contributed by atoms with Crippen LogP contribution in [0.2, 0.25) is 0 Å². The lowest BCUT2D eigenvalue weighted by Crippen LogP contribution is -2.01. The van der Waals surface area contributed by atoms with Gasteiger partial charge in [0.25, 0.3) is 0 Å². The van der Waals surface area contributed by atoms with Crippen LogP contribution in [0.15, 0.2) is 186 Å². The number of hydrogen-bond donors (Lipinski definition) is 0. The van der Waals surface area contributed by atoms with Crippen LogP contribution in [0.4, 0.5) is 0 Å². The van der Waals surface area contributed by atoms with Crippen LogP contribution in [0.1, 0.15) is 0 Å². The minimum atomic E-state index is 0.552. The van der Waals surface area contributed by atoms with Crippen LogP contribution in [0.25, 0.3) is 106 Å². The van der Waals surface area contributed by atoms with E-state index in [2.05, 4.69) is 77.4 Å². The fourth-order valence-electron chi connectivity index (χ4n) is 7.66. The average Bonchev–Trinajstić information content (AvgIpc) is 3.81. The summed E-state index contributed by atoms with van der Waals surface area (Å²) >= 11 is 0. The molecule has 0 spiro atoms. The van der Waals surface area contributed by atoms with Crippen molar-refractivity contribution in [3.8, 4) is 62.5 Å². The molecule has 7 heteroatoms. The quantitative estimate of drug-likeness (QED) is 0.170. The van der Waals surface area contributed by atoms with Gasteiger partial charge in [-0.05, 0) is 30.3 Å². The van der Waals surface area contributed by atoms with Crippen molar-refractivity contribution in [3.63, 3.8) is 0 Å². The third-order valence-corrected chi connectivity index (χ3v) is 10.3. The van der Waals surface area contributed by atoms with E-state index in [-0.39, 0.29) is 0 Å². The summed E-state index contributed by atoms with van der Waals surface area (Å²) in [4.78, 5) is 25.1. The molecule has 262 valence electrons. The van der Waals surface area contributed by atoms with Gasteiger partial charge in [-0.2, -0.15) is 4.98 Å². The first-order valence-electron chi connectivity index (χ1n) is 18.5. The number of para-hydroxylation sites is 1. The lowest BCUT2D eigenvalue weighted by atomic mass is 10.0. The molecule has 0 aliphatic heterocycles. The molecule has 0 bridgehead atoms. The minimum Gasteiger partial charge on any atom is -0.438 e. The van der Waals surface area contributed by atoms with E-state index in [1.54, 1.807) is 0 Å². The van der Waals surface area contributed by atoms with Crippen molar-refractivity contribution in [2.75, 3.05) is 0 Å². The van der Waals surface area contributed by atoms with Gasteiger partial charge in [-0.1, -0.05) is 152 Å². The Morgan fingerprint density at radius 2 is 0.875 bits per heavy atom. The standard InChI is InChI=1S/C49H30N6O/c1-5-16-31(17-6-1)44-43-39-29-41-38(30-42(39)56-49(43)54-45(50-44)32-18-7-2-8-19-32)37-26-13-14-27-40(37)55(41)36-25-15-24-35(28-36)48-52-46(33-20-9-3-10-21-33)51-47(53-48)34-22-11-4-12-23-34/h1-30H. The summed E-state index contributed by atoms with van der Waals surface area (Å²) in [7, 11) is 0. The highest BCUT2D eigenvalue weighted by atomic mass is 16.3. The average molecular weight is 719 g/mol. The first kappa shape index (κ1) is 31.7. The largest absolute Gasteiger partial charge is 0.438 e. The number of benzene rings is 7. The Kier molecular flexibility index (Phi) is 7.35. The monoisotopic (exact) mass is 718 g/mol. The van der Waals surface area contributed by atoms with E-state index in [1.807, 2.05) is 109 Å². The topological polar surface area (TPSA) is 82.5 Å². The number of furan rings is 1. The second-order valence-corrected chi connectivity index (χ2v) is 13.7. The summed E-state index contributed by atoms with van der Waals surface area (Å²) in [6.45, 7) is 0. The third kappa shape index (κ3) is 5.33. The SMILES string of the molecule is c1ccc(-c2nc(-c3ccccc3)nc(-c3cccc(-n4c5ccccc5c5cc6oc7nc(-c8ccccc8)nc(-c8ccccc8)c7c6cc54)c3)n2)cc1. The van der Waals surface area contributed by atoms with Crippen molar-refractivity contribution < 1.29 is 4.42 Å². The second kappa shape index (κ2) is 13.0. The molecule has 4 heterocycles. The number of rotatable bonds is 6. The Labute approximate surface area is 321 Å². The summed E-state index contributed by atoms with van der Waals surface area (Å²) < 4.78 is 8.95. The summed E-state index contributed by atoms with van der Waals surface area (Å²) in [5.41, 5.74) is 9.90. The van der Waals surface area contributed by atoms with Crippen LogP contribution in [0, 0.1) is 0 Å². The predicted octanol–water partition coefficient (Wildman–Crippen LogP) is 12.0. The maximum absolute atomic E-state index is 6.64. The molecule has 0 saturated heterocycles. The molecule has 0 aliphatic carbocycles. The van der Waals surface area contributed by atoms with Crippen LogP contribution in [-0.4, -0.2) is 29.5 Å². The lowest BCUT2D eigenvalue weighted by Gasteiger charge is -2.11. The van der Waals surface area contributed by atoms with Gasteiger partial charge in [-0.3, -0.25) is 0 Å². The zero-order chi connectivity index (χ0) is 37.0. The van der Waals surface area contributed by atoms with Gasteiger partial charge in [-0.25, -0.2) is 19.9 Å². The van der Waals surface area contributed by atoms with Crippen LogP contribution in [-0.2, 0) is 0 Å². The molecular formula is C49H30N6O. The smallest absolute Gasteiger partial charge is 0.231 e. The molecule has 0 radical (unpaired) electrons. The number of hydrogen-bond acceptors (Lipinski definition) is 6. The maximum Gasteiger partial charge on any atom is 0.231 e. The molecule has 11 aromatic rings. The van der Waals surface area contributed by atoms with Crippen LogP contribution in [0.5, 0.6) is 0 Å². The van der Waals surface area contributed by atoms with Crippen molar-refractivity contribution in [2.45, 2.75) is 0 Å². The fourth-order valence-corrected chi connectivity index (χ4v) is 7.66. The maximum atomic E-state index is 6.64. The van der Waals surface area contributed by atoms with E-state index >= 15 is 0 Å². The van der Waals surface area contributed by atoms with Gasteiger partial charge in [0.1, 0.15) is 5.58 Å². The van der Waals surface area contributed by atoms with E-state index in [9.17, 15) is 0 Å². The number of nitrogens with zero attached hydrogens (tertiary/aromatic N) is 6. The fraction of sp³-hybridized carbons (Fsp3) is 0. The van der Waals surface area contributed by atoms with Gasteiger partial charge in [0.05, 0.1) is 22.1 Å². The normalized spacial score (nSPS) is 11.6. The second-order valence-electron chi connectivity index (χ2n) is 13.7. The summed E-state index contributed by atoms with van der Waals surface area (Å²) in [5, 5.41) is 4.02. The lowest BCUT2D eigenvalue weighted by molar-refractivity contribution is 0.654. The summed E-state index contributed by atoms with van der Waals surface area (Å²) in [6.07, 6.45) is 0. The van der Waals surface area contributed by atoms with Gasteiger partial charge in [-0.15, -0.1) is 0 Å². The Hall–Kier alpha value is -7.77. The van der Waals surface area contributed by atoms with E-state index < -0.39 is 0 Å². The van der Waals surface area contributed by atoms with E-state index in [0.29, 0.717) is 29.0 Å². The molecule has 56 heavy (non-hydrogen) atoms. The molecule has 0 atom stereocenters. The Balaban J connectivity index is 1.14. The first-order chi connectivity index (χ1) is 27.7. The molecule has 7 aromatic carbocycles. The molecule has 0 amide bonds. The van der Waals surface area contributed by atoms with Gasteiger partial charge in [0.2, 0.25) is 5.71 Å². The van der Waals surface area contributed by atoms with Gasteiger partial charge in [0, 0.05) is 49.7 Å². The van der Waals surface area contributed by atoms with Crippen molar-refractivity contribution >= 4 is 43.9 Å². The number of aromatic nitrogens is 6. The Bertz CT molecular complexity index is 3170. The molecule has 4 aromatic heterocycles. The van der Waals surface area contributed by atoms with E-state index in [0.717, 1.165) is 77.4 Å². The first-order valence-corrected chi connectivity index (χ1v) is 18.5. The van der Waals surface area contributed by atoms with E-state index in [1.165, 1.54) is 0 Å². The molecule has 0 aliphatic rings. The van der Waals surface area contributed by atoms with Crippen molar-refractivity contribution in [2.24, 2.45) is 0 Å². The molecule has 0 N–H and O–H groups in total. The molecule has 0 fully saturated rings. The summed E-state index contributed by atoms with van der Waals surface area (Å²) in [5.74, 6) is 2.47. The van der Waals surface area contributed by atoms with Crippen LogP contribution >= 0.6 is 0 Å². The van der Waals surface area contributed by atoms with Crippen LogP contribution in [0.3, 0.4) is 0 Å². The molecule has 7 nitrogen and oxygen atoms in total. The van der Waals surface area contributed by atoms with Gasteiger partial charge >= 0.3 is 0 Å². The molecular weight excluding hydrogens is 689 g/mol. The van der Waals surface area contributed by atoms with Crippen molar-refractivity contribution in [1.82, 2.24) is 29.5 Å². The van der Waals surface area contributed by atoms with E-state index in [4.69, 9.17) is 29.3 Å². The Morgan fingerprint density at radius 1 is 0.357 bits per heavy atom. The van der Waals surface area contributed by atoms with Gasteiger partial charge in [0.15, 0.2) is 23.3 Å². The third-order valence-electron chi connectivity index (χ3n) is 10.3. The van der Waals surface area contributed by atoms with Gasteiger partial charge < -0.3 is 8.98 Å².